The largest absolute Gasteiger partial charge is 0.396 e. The van der Waals surface area contributed by atoms with E-state index in [4.69, 9.17) is 10.8 Å². The minimum atomic E-state index is -0.0441. The molecule has 3 N–H and O–H groups in total. The topological polar surface area (TPSA) is 72.0 Å². The molecule has 1 aromatic rings. The molecule has 1 rings (SSSR count). The van der Waals surface area contributed by atoms with Crippen molar-refractivity contribution < 1.29 is 5.11 Å². The first-order chi connectivity index (χ1) is 5.83. The summed E-state index contributed by atoms with van der Waals surface area (Å²) in [4.78, 5) is 8.06. The predicted octanol–water partition coefficient (Wildman–Crippen LogP) is 0.151. The van der Waals surface area contributed by atoms with Gasteiger partial charge in [-0.25, -0.2) is 9.97 Å². The van der Waals surface area contributed by atoms with Gasteiger partial charge in [-0.3, -0.25) is 0 Å². The summed E-state index contributed by atoms with van der Waals surface area (Å²) in [5.74, 6) is 0.735. The summed E-state index contributed by atoms with van der Waals surface area (Å²) in [6.45, 7) is 0.119. The molecule has 0 amide bonds. The lowest BCUT2D eigenvalue weighted by Crippen LogP contribution is -2.24. The molecule has 0 spiro atoms. The van der Waals surface area contributed by atoms with Crippen molar-refractivity contribution in [3.63, 3.8) is 0 Å². The van der Waals surface area contributed by atoms with Crippen molar-refractivity contribution in [2.75, 3.05) is 6.61 Å². The molecule has 1 unspecified atom stereocenters. The van der Waals surface area contributed by atoms with Crippen LogP contribution in [-0.4, -0.2) is 27.7 Å². The van der Waals surface area contributed by atoms with Gasteiger partial charge in [-0.15, -0.1) is 12.4 Å². The quantitative estimate of drug-likeness (QED) is 0.731. The van der Waals surface area contributed by atoms with Crippen LogP contribution in [0.2, 0.25) is 0 Å². The van der Waals surface area contributed by atoms with E-state index in [1.54, 1.807) is 18.5 Å². The number of hydrogen-bond acceptors (Lipinski definition) is 4. The first-order valence-corrected chi connectivity index (χ1v) is 3.95. The van der Waals surface area contributed by atoms with E-state index in [0.29, 0.717) is 12.8 Å². The number of aliphatic hydroxyl groups is 1. The molecule has 0 radical (unpaired) electrons. The smallest absolute Gasteiger partial charge is 0.129 e. The lowest BCUT2D eigenvalue weighted by Gasteiger charge is -2.07. The molecular weight excluding hydrogens is 190 g/mol. The second-order valence-electron chi connectivity index (χ2n) is 2.64. The molecule has 1 aromatic heterocycles. The van der Waals surface area contributed by atoms with Gasteiger partial charge >= 0.3 is 0 Å². The number of aliphatic hydroxyl groups excluding tert-OH is 1. The summed E-state index contributed by atoms with van der Waals surface area (Å²) in [6, 6.07) is 1.72. The van der Waals surface area contributed by atoms with Gasteiger partial charge in [0.05, 0.1) is 0 Å². The normalized spacial score (nSPS) is 11.8. The maximum absolute atomic E-state index is 8.59. The van der Waals surface area contributed by atoms with Crippen LogP contribution in [0.1, 0.15) is 12.2 Å². The Balaban J connectivity index is 0.00000144. The van der Waals surface area contributed by atoms with Crippen LogP contribution in [0.5, 0.6) is 0 Å². The molecule has 74 valence electrons. The lowest BCUT2D eigenvalue weighted by molar-refractivity contribution is 0.275. The van der Waals surface area contributed by atoms with Crippen molar-refractivity contribution in [1.29, 1.82) is 0 Å². The number of nitrogens with two attached hydrogens (primary N) is 1. The standard InChI is InChI=1S/C8H13N3O.ClH/c9-7(2-5-12)6-8-10-3-1-4-11-8;/h1,3-4,7,12H,2,5-6,9H2;1H. The van der Waals surface area contributed by atoms with E-state index in [0.717, 1.165) is 5.82 Å². The van der Waals surface area contributed by atoms with E-state index < -0.39 is 0 Å². The molecule has 0 aromatic carbocycles. The molecule has 5 heteroatoms. The first kappa shape index (κ1) is 12.3. The van der Waals surface area contributed by atoms with E-state index >= 15 is 0 Å². The summed E-state index contributed by atoms with van der Waals surface area (Å²) < 4.78 is 0. The Kier molecular flexibility index (Phi) is 6.40. The van der Waals surface area contributed by atoms with E-state index in [1.165, 1.54) is 0 Å². The van der Waals surface area contributed by atoms with Crippen molar-refractivity contribution >= 4 is 12.4 Å². The van der Waals surface area contributed by atoms with E-state index in [2.05, 4.69) is 9.97 Å². The third-order valence-corrected chi connectivity index (χ3v) is 1.56. The lowest BCUT2D eigenvalue weighted by atomic mass is 10.1. The Hall–Kier alpha value is -0.710. The average Bonchev–Trinajstić information content (AvgIpc) is 2.06. The van der Waals surface area contributed by atoms with Crippen LogP contribution >= 0.6 is 12.4 Å². The monoisotopic (exact) mass is 203 g/mol. The van der Waals surface area contributed by atoms with Gasteiger partial charge in [-0.1, -0.05) is 0 Å². The minimum Gasteiger partial charge on any atom is -0.396 e. The fourth-order valence-electron chi connectivity index (χ4n) is 0.938. The van der Waals surface area contributed by atoms with E-state index in [9.17, 15) is 0 Å². The number of halogens is 1. The Morgan fingerprint density at radius 3 is 2.54 bits per heavy atom. The fraction of sp³-hybridized carbons (Fsp3) is 0.500. The molecule has 1 atom stereocenters. The fourth-order valence-corrected chi connectivity index (χ4v) is 0.938. The summed E-state index contributed by atoms with van der Waals surface area (Å²) >= 11 is 0. The molecule has 0 aliphatic heterocycles. The highest BCUT2D eigenvalue weighted by Crippen LogP contribution is 1.96. The maximum Gasteiger partial charge on any atom is 0.129 e. The maximum atomic E-state index is 8.59. The third kappa shape index (κ3) is 4.77. The highest BCUT2D eigenvalue weighted by atomic mass is 35.5. The SMILES string of the molecule is Cl.NC(CCO)Cc1ncccn1. The number of nitrogens with zero attached hydrogens (tertiary/aromatic N) is 2. The van der Waals surface area contributed by atoms with Gasteiger partial charge in [-0.05, 0) is 12.5 Å². The third-order valence-electron chi connectivity index (χ3n) is 1.56. The Morgan fingerprint density at radius 2 is 2.00 bits per heavy atom. The molecule has 0 fully saturated rings. The number of aromatic nitrogens is 2. The van der Waals surface area contributed by atoms with Crippen molar-refractivity contribution in [2.24, 2.45) is 5.73 Å². The van der Waals surface area contributed by atoms with Gasteiger partial charge in [0.15, 0.2) is 0 Å². The van der Waals surface area contributed by atoms with Crippen LogP contribution in [-0.2, 0) is 6.42 Å². The molecule has 0 saturated heterocycles. The van der Waals surface area contributed by atoms with Crippen LogP contribution in [0.4, 0.5) is 0 Å². The summed E-state index contributed by atoms with van der Waals surface area (Å²) in [7, 11) is 0. The van der Waals surface area contributed by atoms with Crippen LogP contribution < -0.4 is 5.73 Å². The molecule has 0 bridgehead atoms. The van der Waals surface area contributed by atoms with Crippen LogP contribution in [0, 0.1) is 0 Å². The van der Waals surface area contributed by atoms with Crippen LogP contribution in [0.15, 0.2) is 18.5 Å². The molecule has 13 heavy (non-hydrogen) atoms. The van der Waals surface area contributed by atoms with E-state index in [-0.39, 0.29) is 25.1 Å². The highest BCUT2D eigenvalue weighted by molar-refractivity contribution is 5.85. The summed E-state index contributed by atoms with van der Waals surface area (Å²) in [5, 5.41) is 8.59. The summed E-state index contributed by atoms with van der Waals surface area (Å²) in [6.07, 6.45) is 4.60. The Morgan fingerprint density at radius 1 is 1.38 bits per heavy atom. The summed E-state index contributed by atoms with van der Waals surface area (Å²) in [5.41, 5.74) is 5.68. The van der Waals surface area contributed by atoms with Crippen LogP contribution in [0.3, 0.4) is 0 Å². The zero-order valence-corrected chi connectivity index (χ0v) is 8.07. The average molecular weight is 204 g/mol. The van der Waals surface area contributed by atoms with Gasteiger partial charge in [0.1, 0.15) is 5.82 Å². The van der Waals surface area contributed by atoms with Crippen molar-refractivity contribution in [1.82, 2.24) is 9.97 Å². The Bertz CT molecular complexity index is 220. The van der Waals surface area contributed by atoms with Gasteiger partial charge in [-0.2, -0.15) is 0 Å². The van der Waals surface area contributed by atoms with Gasteiger partial charge in [0.25, 0.3) is 0 Å². The van der Waals surface area contributed by atoms with E-state index in [1.807, 2.05) is 0 Å². The Labute approximate surface area is 83.6 Å². The molecule has 0 saturated carbocycles. The molecular formula is C8H14ClN3O. The molecule has 4 nitrogen and oxygen atoms in total. The van der Waals surface area contributed by atoms with Crippen molar-refractivity contribution in [3.8, 4) is 0 Å². The zero-order valence-electron chi connectivity index (χ0n) is 7.26. The number of hydrogen-bond donors (Lipinski definition) is 2. The van der Waals surface area contributed by atoms with Crippen molar-refractivity contribution in [3.05, 3.63) is 24.3 Å². The van der Waals surface area contributed by atoms with Gasteiger partial charge < -0.3 is 10.8 Å². The second kappa shape index (κ2) is 6.77. The zero-order chi connectivity index (χ0) is 8.81. The number of rotatable bonds is 4. The molecule has 0 aliphatic rings. The van der Waals surface area contributed by atoms with Crippen LogP contribution in [0.25, 0.3) is 0 Å². The molecule has 0 aliphatic carbocycles. The second-order valence-corrected chi connectivity index (χ2v) is 2.64. The minimum absolute atomic E-state index is 0. The van der Waals surface area contributed by atoms with Crippen molar-refractivity contribution in [2.45, 2.75) is 18.9 Å². The highest BCUT2D eigenvalue weighted by Gasteiger charge is 2.03. The first-order valence-electron chi connectivity index (χ1n) is 3.95. The van der Waals surface area contributed by atoms with Gasteiger partial charge in [0, 0.05) is 31.5 Å². The predicted molar refractivity (Wildman–Crippen MR) is 52.7 cm³/mol. The van der Waals surface area contributed by atoms with Gasteiger partial charge in [0.2, 0.25) is 0 Å². The molecule has 1 heterocycles.